The number of benzene rings is 1. The lowest BCUT2D eigenvalue weighted by Gasteiger charge is -2.38. The van der Waals surface area contributed by atoms with Gasteiger partial charge in [0.1, 0.15) is 0 Å². The Hall–Kier alpha value is -1.22. The van der Waals surface area contributed by atoms with Crippen LogP contribution in [0.2, 0.25) is 0 Å². The van der Waals surface area contributed by atoms with E-state index in [-0.39, 0.29) is 0 Å². The fourth-order valence-corrected chi connectivity index (χ4v) is 2.69. The van der Waals surface area contributed by atoms with Crippen LogP contribution in [0.3, 0.4) is 0 Å². The molecule has 3 nitrogen and oxygen atoms in total. The smallest absolute Gasteiger partial charge is 0.231 e. The molecule has 1 aliphatic heterocycles. The van der Waals surface area contributed by atoms with Crippen LogP contribution in [0.1, 0.15) is 32.3 Å². The van der Waals surface area contributed by atoms with E-state index in [4.69, 9.17) is 9.47 Å². The van der Waals surface area contributed by atoms with Crippen LogP contribution in [0.5, 0.6) is 11.5 Å². The zero-order valence-corrected chi connectivity index (χ0v) is 11.1. The molecule has 0 aromatic heterocycles. The van der Waals surface area contributed by atoms with Crippen LogP contribution in [-0.2, 0) is 6.54 Å². The minimum atomic E-state index is 0.352. The van der Waals surface area contributed by atoms with Gasteiger partial charge in [-0.3, -0.25) is 0 Å². The maximum atomic E-state index is 5.38. The molecule has 0 amide bonds. The quantitative estimate of drug-likeness (QED) is 0.887. The second-order valence-corrected chi connectivity index (χ2v) is 5.74. The monoisotopic (exact) mass is 247 g/mol. The first-order chi connectivity index (χ1) is 8.72. The zero-order chi connectivity index (χ0) is 12.5. The second-order valence-electron chi connectivity index (χ2n) is 5.74. The summed E-state index contributed by atoms with van der Waals surface area (Å²) in [4.78, 5) is 0. The molecule has 0 saturated heterocycles. The van der Waals surface area contributed by atoms with Crippen molar-refractivity contribution in [2.24, 2.45) is 11.8 Å². The molecule has 1 heterocycles. The van der Waals surface area contributed by atoms with Gasteiger partial charge in [-0.1, -0.05) is 19.9 Å². The van der Waals surface area contributed by atoms with Gasteiger partial charge in [-0.15, -0.1) is 0 Å². The Bertz CT molecular complexity index is 425. The molecular weight excluding hydrogens is 226 g/mol. The van der Waals surface area contributed by atoms with E-state index in [0.29, 0.717) is 12.8 Å². The predicted molar refractivity (Wildman–Crippen MR) is 70.8 cm³/mol. The van der Waals surface area contributed by atoms with Crippen LogP contribution in [0.25, 0.3) is 0 Å². The molecule has 1 aliphatic carbocycles. The van der Waals surface area contributed by atoms with E-state index in [1.165, 1.54) is 18.4 Å². The summed E-state index contributed by atoms with van der Waals surface area (Å²) in [6, 6.07) is 6.88. The summed E-state index contributed by atoms with van der Waals surface area (Å²) in [5.74, 6) is 3.48. The molecule has 1 N–H and O–H groups in total. The molecule has 1 aromatic rings. The Morgan fingerprint density at radius 3 is 2.78 bits per heavy atom. The highest BCUT2D eigenvalue weighted by molar-refractivity contribution is 5.44. The molecule has 0 bridgehead atoms. The van der Waals surface area contributed by atoms with Crippen molar-refractivity contribution in [2.45, 2.75) is 39.3 Å². The van der Waals surface area contributed by atoms with Gasteiger partial charge in [0.05, 0.1) is 0 Å². The highest BCUT2D eigenvalue weighted by Crippen LogP contribution is 2.35. The van der Waals surface area contributed by atoms with E-state index < -0.39 is 0 Å². The standard InChI is InChI=1S/C15H21NO2/c1-10(2)12-6-13(7-12)16-8-11-3-4-14-15(5-11)18-9-17-14/h3-5,10,12-13,16H,6-9H2,1-2H3. The van der Waals surface area contributed by atoms with Gasteiger partial charge in [-0.05, 0) is 42.4 Å². The van der Waals surface area contributed by atoms with Gasteiger partial charge in [0.25, 0.3) is 0 Å². The Balaban J connectivity index is 1.49. The molecule has 1 fully saturated rings. The normalized spacial score (nSPS) is 25.3. The molecule has 0 atom stereocenters. The first-order valence-corrected chi connectivity index (χ1v) is 6.84. The molecule has 3 heteroatoms. The van der Waals surface area contributed by atoms with E-state index >= 15 is 0 Å². The third-order valence-electron chi connectivity index (χ3n) is 4.15. The number of nitrogens with one attached hydrogen (secondary N) is 1. The van der Waals surface area contributed by atoms with Crippen molar-refractivity contribution < 1.29 is 9.47 Å². The first-order valence-electron chi connectivity index (χ1n) is 6.84. The molecule has 0 radical (unpaired) electrons. The van der Waals surface area contributed by atoms with E-state index in [1.807, 2.05) is 6.07 Å². The van der Waals surface area contributed by atoms with Crippen LogP contribution in [-0.4, -0.2) is 12.8 Å². The van der Waals surface area contributed by atoms with Gasteiger partial charge >= 0.3 is 0 Å². The topological polar surface area (TPSA) is 30.5 Å². The molecule has 2 aliphatic rings. The molecule has 98 valence electrons. The fourth-order valence-electron chi connectivity index (χ4n) is 2.69. The molecular formula is C15H21NO2. The molecule has 1 saturated carbocycles. The van der Waals surface area contributed by atoms with Gasteiger partial charge in [0, 0.05) is 12.6 Å². The van der Waals surface area contributed by atoms with Gasteiger partial charge in [-0.2, -0.15) is 0 Å². The van der Waals surface area contributed by atoms with Crippen molar-refractivity contribution in [3.8, 4) is 11.5 Å². The minimum Gasteiger partial charge on any atom is -0.454 e. The largest absolute Gasteiger partial charge is 0.454 e. The first kappa shape index (κ1) is 11.8. The Labute approximate surface area is 108 Å². The van der Waals surface area contributed by atoms with E-state index in [1.54, 1.807) is 0 Å². The van der Waals surface area contributed by atoms with Crippen LogP contribution in [0, 0.1) is 11.8 Å². The lowest BCUT2D eigenvalue weighted by Crippen LogP contribution is -2.42. The van der Waals surface area contributed by atoms with Crippen molar-refractivity contribution in [1.29, 1.82) is 0 Å². The summed E-state index contributed by atoms with van der Waals surface area (Å²) < 4.78 is 10.7. The SMILES string of the molecule is CC(C)C1CC(NCc2ccc3c(c2)OCO3)C1. The summed E-state index contributed by atoms with van der Waals surface area (Å²) in [5.41, 5.74) is 1.27. The summed E-state index contributed by atoms with van der Waals surface area (Å²) in [6.07, 6.45) is 2.64. The number of fused-ring (bicyclic) bond motifs is 1. The van der Waals surface area contributed by atoms with Crippen LogP contribution < -0.4 is 14.8 Å². The third kappa shape index (κ3) is 2.32. The highest BCUT2D eigenvalue weighted by atomic mass is 16.7. The van der Waals surface area contributed by atoms with Crippen molar-refractivity contribution in [1.82, 2.24) is 5.32 Å². The average Bonchev–Trinajstić information content (AvgIpc) is 2.73. The lowest BCUT2D eigenvalue weighted by atomic mass is 9.73. The van der Waals surface area contributed by atoms with Crippen molar-refractivity contribution in [3.05, 3.63) is 23.8 Å². The maximum Gasteiger partial charge on any atom is 0.231 e. The highest BCUT2D eigenvalue weighted by Gasteiger charge is 2.30. The maximum absolute atomic E-state index is 5.38. The molecule has 0 spiro atoms. The van der Waals surface area contributed by atoms with Gasteiger partial charge in [-0.25, -0.2) is 0 Å². The molecule has 1 aromatic carbocycles. The third-order valence-corrected chi connectivity index (χ3v) is 4.15. The lowest BCUT2D eigenvalue weighted by molar-refractivity contribution is 0.167. The van der Waals surface area contributed by atoms with Crippen molar-refractivity contribution >= 4 is 0 Å². The van der Waals surface area contributed by atoms with E-state index in [0.717, 1.165) is 29.9 Å². The summed E-state index contributed by atoms with van der Waals surface area (Å²) in [6.45, 7) is 5.91. The Kier molecular flexibility index (Phi) is 3.16. The Morgan fingerprint density at radius 1 is 1.22 bits per heavy atom. The van der Waals surface area contributed by atoms with Crippen LogP contribution in [0.15, 0.2) is 18.2 Å². The second kappa shape index (κ2) is 4.81. The van der Waals surface area contributed by atoms with Crippen molar-refractivity contribution in [3.63, 3.8) is 0 Å². The predicted octanol–water partition coefficient (Wildman–Crippen LogP) is 2.94. The number of ether oxygens (including phenoxy) is 2. The number of rotatable bonds is 4. The van der Waals surface area contributed by atoms with E-state index in [9.17, 15) is 0 Å². The van der Waals surface area contributed by atoms with Gasteiger partial charge in [0.15, 0.2) is 11.5 Å². The fraction of sp³-hybridized carbons (Fsp3) is 0.600. The number of hydrogen-bond acceptors (Lipinski definition) is 3. The molecule has 0 unspecified atom stereocenters. The molecule has 18 heavy (non-hydrogen) atoms. The van der Waals surface area contributed by atoms with Crippen LogP contribution in [0.4, 0.5) is 0 Å². The summed E-state index contributed by atoms with van der Waals surface area (Å²) in [7, 11) is 0. The van der Waals surface area contributed by atoms with Crippen LogP contribution >= 0.6 is 0 Å². The van der Waals surface area contributed by atoms with Crippen molar-refractivity contribution in [2.75, 3.05) is 6.79 Å². The average molecular weight is 247 g/mol. The summed E-state index contributed by atoms with van der Waals surface area (Å²) in [5, 5.41) is 3.62. The molecule has 3 rings (SSSR count). The van der Waals surface area contributed by atoms with E-state index in [2.05, 4.69) is 31.3 Å². The van der Waals surface area contributed by atoms with Gasteiger partial charge in [0.2, 0.25) is 6.79 Å². The minimum absolute atomic E-state index is 0.352. The Morgan fingerprint density at radius 2 is 2.00 bits per heavy atom. The van der Waals surface area contributed by atoms with Gasteiger partial charge < -0.3 is 14.8 Å². The number of hydrogen-bond donors (Lipinski definition) is 1. The summed E-state index contributed by atoms with van der Waals surface area (Å²) >= 11 is 0. The zero-order valence-electron chi connectivity index (χ0n) is 11.1.